The second-order valence-electron chi connectivity index (χ2n) is 29.9. The Bertz CT molecular complexity index is 6890. The average Bonchev–Trinajstić information content (AvgIpc) is 1.59. The molecule has 21 rings (SSSR count). The highest BCUT2D eigenvalue weighted by molar-refractivity contribution is 6.13. The highest BCUT2D eigenvalue weighted by Gasteiger charge is 2.36. The summed E-state index contributed by atoms with van der Waals surface area (Å²) in [6.45, 7) is 4.70. The molecule has 4 heteroatoms. The lowest BCUT2D eigenvalue weighted by Gasteiger charge is -2.28. The summed E-state index contributed by atoms with van der Waals surface area (Å²) in [7, 11) is 0. The smallest absolute Gasteiger partial charge is 0.143 e. The van der Waals surface area contributed by atoms with E-state index in [2.05, 4.69) is 436 Å². The van der Waals surface area contributed by atoms with Crippen molar-refractivity contribution in [2.75, 3.05) is 9.80 Å². The van der Waals surface area contributed by atoms with Crippen LogP contribution in [0.15, 0.2) is 433 Å². The first kappa shape index (κ1) is 67.7. The molecule has 0 saturated carbocycles. The molecule has 2 heterocycles. The number of furan rings is 2. The predicted octanol–water partition coefficient (Wildman–Crippen LogP) is 30.9. The molecule has 0 saturated heterocycles. The Balaban J connectivity index is 0.000000147. The van der Waals surface area contributed by atoms with E-state index in [0.717, 1.165) is 117 Å². The molecule has 20 aromatic rings. The predicted molar refractivity (Wildman–Crippen MR) is 475 cm³/mol. The van der Waals surface area contributed by atoms with Crippen LogP contribution in [0.3, 0.4) is 0 Å². The molecule has 534 valence electrons. The van der Waals surface area contributed by atoms with E-state index in [1.54, 1.807) is 0 Å². The van der Waals surface area contributed by atoms with E-state index in [4.69, 9.17) is 8.83 Å². The van der Waals surface area contributed by atoms with Gasteiger partial charge in [0.25, 0.3) is 0 Å². The van der Waals surface area contributed by atoms with Crippen molar-refractivity contribution in [3.8, 4) is 100 Å². The molecule has 0 bridgehead atoms. The fourth-order valence-corrected chi connectivity index (χ4v) is 17.0. The molecule has 0 N–H and O–H groups in total. The first-order valence-electron chi connectivity index (χ1n) is 38.8. The molecule has 1 aliphatic rings. The quantitative estimate of drug-likeness (QED) is 0.109. The molecular formula is C109H76N2O2. The first-order valence-corrected chi connectivity index (χ1v) is 38.8. The SMILES string of the molecule is CC1(C)c2ccccc2-c2ccc(N(c3ccc(-c4cc(-c5ccc(-c6ccccc6)cc5)cc5c4oc4ccccc45)cc3)c3ccc4ccccc4c3)cc21.c1ccc(-c2ccc(-c3cc(-c4ccc(N(c5ccc(-c6ccccc6)cc5)c5ccccc5-c5ccccc5)cc4)c4oc5ccccc5c4c3)cc2)cc1. The van der Waals surface area contributed by atoms with Crippen LogP contribution < -0.4 is 9.80 Å². The molecule has 2 aromatic heterocycles. The third kappa shape index (κ3) is 12.7. The molecule has 0 atom stereocenters. The maximum absolute atomic E-state index is 6.64. The zero-order valence-electron chi connectivity index (χ0n) is 62.6. The molecule has 0 amide bonds. The zero-order chi connectivity index (χ0) is 75.4. The van der Waals surface area contributed by atoms with Gasteiger partial charge in [0.15, 0.2) is 0 Å². The molecule has 0 radical (unpaired) electrons. The summed E-state index contributed by atoms with van der Waals surface area (Å²) in [6, 6.07) is 153. The maximum atomic E-state index is 6.64. The monoisotopic (exact) mass is 1440 g/mol. The number of anilines is 6. The Labute approximate surface area is 658 Å². The Kier molecular flexibility index (Phi) is 17.3. The molecular weight excluding hydrogens is 1370 g/mol. The number of nitrogens with zero attached hydrogens (tertiary/aromatic N) is 2. The lowest BCUT2D eigenvalue weighted by molar-refractivity contribution is 0.660. The van der Waals surface area contributed by atoms with Gasteiger partial charge in [-0.3, -0.25) is 0 Å². The molecule has 4 nitrogen and oxygen atoms in total. The van der Waals surface area contributed by atoms with Crippen LogP contribution in [-0.4, -0.2) is 0 Å². The zero-order valence-corrected chi connectivity index (χ0v) is 62.6. The molecule has 1 aliphatic carbocycles. The van der Waals surface area contributed by atoms with Crippen LogP contribution in [0.5, 0.6) is 0 Å². The Hall–Kier alpha value is -14.6. The fraction of sp³-hybridized carbons (Fsp3) is 0.0275. The van der Waals surface area contributed by atoms with Gasteiger partial charge in [0.05, 0.1) is 5.69 Å². The lowest BCUT2D eigenvalue weighted by Crippen LogP contribution is -2.16. The Morgan fingerprint density at radius 3 is 1.04 bits per heavy atom. The summed E-state index contributed by atoms with van der Waals surface area (Å²) in [5.41, 5.74) is 34.0. The van der Waals surface area contributed by atoms with Gasteiger partial charge in [-0.2, -0.15) is 0 Å². The van der Waals surface area contributed by atoms with Gasteiger partial charge in [0.2, 0.25) is 0 Å². The minimum absolute atomic E-state index is 0.105. The molecule has 0 aliphatic heterocycles. The van der Waals surface area contributed by atoms with Crippen molar-refractivity contribution >= 4 is 88.8 Å². The topological polar surface area (TPSA) is 32.8 Å². The van der Waals surface area contributed by atoms with E-state index in [0.29, 0.717) is 0 Å². The van der Waals surface area contributed by atoms with E-state index < -0.39 is 0 Å². The van der Waals surface area contributed by atoms with Crippen molar-refractivity contribution < 1.29 is 8.83 Å². The minimum Gasteiger partial charge on any atom is -0.455 e. The number of rotatable bonds is 14. The lowest BCUT2D eigenvalue weighted by atomic mass is 9.82. The van der Waals surface area contributed by atoms with Crippen molar-refractivity contribution in [1.29, 1.82) is 0 Å². The van der Waals surface area contributed by atoms with Gasteiger partial charge in [0.1, 0.15) is 22.3 Å². The molecule has 18 aromatic carbocycles. The van der Waals surface area contributed by atoms with E-state index in [-0.39, 0.29) is 5.41 Å². The van der Waals surface area contributed by atoms with Crippen LogP contribution in [0, 0.1) is 0 Å². The number of hydrogen-bond donors (Lipinski definition) is 0. The average molecular weight is 1450 g/mol. The molecule has 113 heavy (non-hydrogen) atoms. The number of benzene rings is 18. The van der Waals surface area contributed by atoms with Crippen LogP contribution in [0.4, 0.5) is 34.1 Å². The van der Waals surface area contributed by atoms with Crippen LogP contribution in [0.1, 0.15) is 25.0 Å². The van der Waals surface area contributed by atoms with E-state index >= 15 is 0 Å². The van der Waals surface area contributed by atoms with E-state index in [1.807, 2.05) is 12.1 Å². The van der Waals surface area contributed by atoms with Gasteiger partial charge < -0.3 is 18.6 Å². The largest absolute Gasteiger partial charge is 0.455 e. The van der Waals surface area contributed by atoms with Crippen molar-refractivity contribution in [3.05, 3.63) is 436 Å². The summed E-state index contributed by atoms with van der Waals surface area (Å²) >= 11 is 0. The van der Waals surface area contributed by atoms with Gasteiger partial charge in [-0.25, -0.2) is 0 Å². The van der Waals surface area contributed by atoms with E-state index in [9.17, 15) is 0 Å². The van der Waals surface area contributed by atoms with E-state index in [1.165, 1.54) is 83.1 Å². The summed E-state index contributed by atoms with van der Waals surface area (Å²) < 4.78 is 13.3. The Morgan fingerprint density at radius 2 is 0.531 bits per heavy atom. The highest BCUT2D eigenvalue weighted by atomic mass is 16.3. The first-order chi connectivity index (χ1) is 55.8. The van der Waals surface area contributed by atoms with Gasteiger partial charge in [0, 0.05) is 72.1 Å². The minimum atomic E-state index is -0.105. The highest BCUT2D eigenvalue weighted by Crippen LogP contribution is 2.52. The van der Waals surface area contributed by atoms with Gasteiger partial charge >= 0.3 is 0 Å². The molecule has 0 unspecified atom stereocenters. The number of para-hydroxylation sites is 3. The van der Waals surface area contributed by atoms with Crippen LogP contribution in [-0.2, 0) is 5.41 Å². The third-order valence-corrected chi connectivity index (χ3v) is 22.8. The van der Waals surface area contributed by atoms with Crippen molar-refractivity contribution in [1.82, 2.24) is 0 Å². The second kappa shape index (κ2) is 28.8. The maximum Gasteiger partial charge on any atom is 0.143 e. The van der Waals surface area contributed by atoms with Crippen molar-refractivity contribution in [2.24, 2.45) is 0 Å². The van der Waals surface area contributed by atoms with Crippen molar-refractivity contribution in [3.63, 3.8) is 0 Å². The third-order valence-electron chi connectivity index (χ3n) is 22.8. The van der Waals surface area contributed by atoms with Crippen molar-refractivity contribution in [2.45, 2.75) is 19.3 Å². The standard InChI is InChI=1S/C55H39NO.C54H37NO/c1-55(2)51-18-10-8-16-46(51)47-31-30-45(35-52(47)55)56(44-29-24-37-14-6-7-15-41(37)32-44)43-27-25-40(26-28-43)49-33-42(34-50-48-17-9-11-19-53(48)57-54(49)50)39-22-20-38(21-23-39)36-12-4-3-5-13-36;1-4-14-38(15-5-1)40-24-26-42(27-25-40)45-36-50(54-51(37-45)49-21-11-13-23-53(49)56-54)44-30-34-47(35-31-44)55(46-32-28-41(29-33-46)39-16-6-2-7-17-39)52-22-12-10-20-48(52)43-18-8-3-9-19-43/h3-35H,1-2H3;1-37H. The van der Waals surface area contributed by atoms with Gasteiger partial charge in [-0.05, 0) is 208 Å². The van der Waals surface area contributed by atoms with Gasteiger partial charge in [-0.1, -0.05) is 335 Å². The number of hydrogen-bond acceptors (Lipinski definition) is 4. The fourth-order valence-electron chi connectivity index (χ4n) is 17.0. The molecule has 0 fully saturated rings. The molecule has 0 spiro atoms. The normalized spacial score (nSPS) is 12.1. The summed E-state index contributed by atoms with van der Waals surface area (Å²) in [5.74, 6) is 0. The van der Waals surface area contributed by atoms with Crippen LogP contribution in [0.2, 0.25) is 0 Å². The Morgan fingerprint density at radius 1 is 0.195 bits per heavy atom. The summed E-state index contributed by atoms with van der Waals surface area (Å²) in [6.07, 6.45) is 0. The van der Waals surface area contributed by atoms with Crippen LogP contribution >= 0.6 is 0 Å². The summed E-state index contributed by atoms with van der Waals surface area (Å²) in [4.78, 5) is 4.76. The van der Waals surface area contributed by atoms with Gasteiger partial charge in [-0.15, -0.1) is 0 Å². The summed E-state index contributed by atoms with van der Waals surface area (Å²) in [5, 5.41) is 6.91. The number of fused-ring (bicyclic) bond motifs is 10. The second-order valence-corrected chi connectivity index (χ2v) is 29.9. The van der Waals surface area contributed by atoms with Crippen LogP contribution in [0.25, 0.3) is 155 Å².